The number of methoxy groups -OCH3 is 2. The Kier molecular flexibility index (Phi) is 3.59. The molecule has 4 nitrogen and oxygen atoms in total. The summed E-state index contributed by atoms with van der Waals surface area (Å²) in [4.78, 5) is 12.9. The van der Waals surface area contributed by atoms with Crippen molar-refractivity contribution in [2.75, 3.05) is 14.2 Å². The van der Waals surface area contributed by atoms with E-state index in [9.17, 15) is 4.79 Å². The van der Waals surface area contributed by atoms with E-state index in [-0.39, 0.29) is 5.43 Å². The molecule has 0 saturated heterocycles. The minimum Gasteiger partial charge on any atom is -0.497 e. The summed E-state index contributed by atoms with van der Waals surface area (Å²) < 4.78 is 16.4. The second-order valence-electron chi connectivity index (χ2n) is 4.92. The highest BCUT2D eigenvalue weighted by Gasteiger charge is 2.16. The van der Waals surface area contributed by atoms with Crippen LogP contribution in [0.15, 0.2) is 51.7 Å². The zero-order chi connectivity index (χ0) is 15.7. The SMILES string of the molecule is COc1ccc2c(=O)c(-c3ccccc3OC)c(C)oc2c1. The predicted molar refractivity (Wildman–Crippen MR) is 85.8 cm³/mol. The second kappa shape index (κ2) is 5.56. The van der Waals surface area contributed by atoms with Crippen molar-refractivity contribution in [3.8, 4) is 22.6 Å². The van der Waals surface area contributed by atoms with Crippen LogP contribution < -0.4 is 14.9 Å². The molecule has 0 aliphatic rings. The topological polar surface area (TPSA) is 48.7 Å². The first-order chi connectivity index (χ1) is 10.7. The average molecular weight is 296 g/mol. The Morgan fingerprint density at radius 2 is 1.77 bits per heavy atom. The van der Waals surface area contributed by atoms with Crippen LogP contribution >= 0.6 is 0 Å². The number of ether oxygens (including phenoxy) is 2. The van der Waals surface area contributed by atoms with Gasteiger partial charge in [0.25, 0.3) is 0 Å². The van der Waals surface area contributed by atoms with Crippen molar-refractivity contribution in [3.05, 3.63) is 58.4 Å². The number of rotatable bonds is 3. The molecule has 3 rings (SSSR count). The third-order valence-electron chi connectivity index (χ3n) is 3.65. The van der Waals surface area contributed by atoms with Crippen LogP contribution in [0.5, 0.6) is 11.5 Å². The number of hydrogen-bond acceptors (Lipinski definition) is 4. The third-order valence-corrected chi connectivity index (χ3v) is 3.65. The summed E-state index contributed by atoms with van der Waals surface area (Å²) in [5, 5.41) is 0.521. The molecule has 0 unspecified atom stereocenters. The van der Waals surface area contributed by atoms with Crippen LogP contribution in [0.3, 0.4) is 0 Å². The Morgan fingerprint density at radius 3 is 2.50 bits per heavy atom. The molecule has 0 N–H and O–H groups in total. The fourth-order valence-corrected chi connectivity index (χ4v) is 2.58. The lowest BCUT2D eigenvalue weighted by atomic mass is 10.0. The lowest BCUT2D eigenvalue weighted by molar-refractivity contribution is 0.414. The summed E-state index contributed by atoms with van der Waals surface area (Å²) in [5.41, 5.74) is 1.69. The van der Waals surface area contributed by atoms with E-state index >= 15 is 0 Å². The van der Waals surface area contributed by atoms with Gasteiger partial charge in [-0.05, 0) is 25.1 Å². The molecule has 1 aromatic heterocycles. The van der Waals surface area contributed by atoms with Crippen molar-refractivity contribution in [2.45, 2.75) is 6.92 Å². The van der Waals surface area contributed by atoms with Crippen molar-refractivity contribution >= 4 is 11.0 Å². The Balaban J connectivity index is 2.34. The molecule has 0 bridgehead atoms. The molecule has 2 aromatic carbocycles. The van der Waals surface area contributed by atoms with Crippen molar-refractivity contribution in [3.63, 3.8) is 0 Å². The fourth-order valence-electron chi connectivity index (χ4n) is 2.58. The highest BCUT2D eigenvalue weighted by molar-refractivity contribution is 5.85. The number of aryl methyl sites for hydroxylation is 1. The highest BCUT2D eigenvalue weighted by Crippen LogP contribution is 2.31. The first-order valence-corrected chi connectivity index (χ1v) is 6.90. The minimum atomic E-state index is -0.0779. The van der Waals surface area contributed by atoms with Crippen molar-refractivity contribution in [1.29, 1.82) is 0 Å². The van der Waals surface area contributed by atoms with Gasteiger partial charge in [-0.3, -0.25) is 4.79 Å². The van der Waals surface area contributed by atoms with Crippen LogP contribution in [0, 0.1) is 6.92 Å². The van der Waals surface area contributed by atoms with Gasteiger partial charge in [0.2, 0.25) is 5.43 Å². The van der Waals surface area contributed by atoms with E-state index in [0.717, 1.165) is 5.56 Å². The van der Waals surface area contributed by atoms with Gasteiger partial charge < -0.3 is 13.9 Å². The number of hydrogen-bond donors (Lipinski definition) is 0. The van der Waals surface area contributed by atoms with Gasteiger partial charge in [-0.1, -0.05) is 18.2 Å². The molecule has 0 aliphatic heterocycles. The van der Waals surface area contributed by atoms with Gasteiger partial charge in [-0.15, -0.1) is 0 Å². The van der Waals surface area contributed by atoms with E-state index in [4.69, 9.17) is 13.9 Å². The molecule has 0 radical (unpaired) electrons. The lowest BCUT2D eigenvalue weighted by Gasteiger charge is -2.11. The van der Waals surface area contributed by atoms with E-state index < -0.39 is 0 Å². The standard InChI is InChI=1S/C18H16O4/c1-11-17(13-6-4-5-7-15(13)21-3)18(19)14-9-8-12(20-2)10-16(14)22-11/h4-10H,1-3H3. The van der Waals surface area contributed by atoms with E-state index in [2.05, 4.69) is 0 Å². The summed E-state index contributed by atoms with van der Waals surface area (Å²) in [6.45, 7) is 1.78. The monoisotopic (exact) mass is 296 g/mol. The molecule has 0 aliphatic carbocycles. The molecule has 112 valence electrons. The first kappa shape index (κ1) is 14.2. The minimum absolute atomic E-state index is 0.0779. The largest absolute Gasteiger partial charge is 0.497 e. The lowest BCUT2D eigenvalue weighted by Crippen LogP contribution is -2.08. The van der Waals surface area contributed by atoms with Gasteiger partial charge in [-0.2, -0.15) is 0 Å². The molecule has 1 heterocycles. The number of fused-ring (bicyclic) bond motifs is 1. The molecular formula is C18H16O4. The second-order valence-corrected chi connectivity index (χ2v) is 4.92. The normalized spacial score (nSPS) is 10.7. The molecular weight excluding hydrogens is 280 g/mol. The van der Waals surface area contributed by atoms with E-state index in [1.807, 2.05) is 24.3 Å². The Labute approximate surface area is 127 Å². The Morgan fingerprint density at radius 1 is 1.00 bits per heavy atom. The van der Waals surface area contributed by atoms with Crippen LogP contribution in [-0.4, -0.2) is 14.2 Å². The van der Waals surface area contributed by atoms with Crippen molar-refractivity contribution < 1.29 is 13.9 Å². The van der Waals surface area contributed by atoms with Gasteiger partial charge in [0.05, 0.1) is 25.2 Å². The van der Waals surface area contributed by atoms with Gasteiger partial charge in [0, 0.05) is 11.6 Å². The quantitative estimate of drug-likeness (QED) is 0.738. The molecule has 3 aromatic rings. The van der Waals surface area contributed by atoms with Gasteiger partial charge in [0.1, 0.15) is 22.8 Å². The zero-order valence-electron chi connectivity index (χ0n) is 12.7. The summed E-state index contributed by atoms with van der Waals surface area (Å²) in [6, 6.07) is 12.6. The summed E-state index contributed by atoms with van der Waals surface area (Å²) in [7, 11) is 3.16. The maximum Gasteiger partial charge on any atom is 0.200 e. The van der Waals surface area contributed by atoms with Gasteiger partial charge in [0.15, 0.2) is 0 Å². The molecule has 22 heavy (non-hydrogen) atoms. The maximum atomic E-state index is 12.9. The van der Waals surface area contributed by atoms with Crippen LogP contribution in [0.4, 0.5) is 0 Å². The van der Waals surface area contributed by atoms with Crippen LogP contribution in [0.2, 0.25) is 0 Å². The van der Waals surface area contributed by atoms with Gasteiger partial charge >= 0.3 is 0 Å². The summed E-state index contributed by atoms with van der Waals surface area (Å²) in [5.74, 6) is 1.85. The predicted octanol–water partition coefficient (Wildman–Crippen LogP) is 3.79. The average Bonchev–Trinajstić information content (AvgIpc) is 2.54. The number of benzene rings is 2. The van der Waals surface area contributed by atoms with Crippen LogP contribution in [0.1, 0.15) is 5.76 Å². The van der Waals surface area contributed by atoms with E-state index in [0.29, 0.717) is 33.8 Å². The molecule has 4 heteroatoms. The molecule has 0 atom stereocenters. The first-order valence-electron chi connectivity index (χ1n) is 6.90. The van der Waals surface area contributed by atoms with Gasteiger partial charge in [-0.25, -0.2) is 0 Å². The van der Waals surface area contributed by atoms with Crippen LogP contribution in [0.25, 0.3) is 22.1 Å². The molecule has 0 fully saturated rings. The van der Waals surface area contributed by atoms with Crippen molar-refractivity contribution in [1.82, 2.24) is 0 Å². The summed E-state index contributed by atoms with van der Waals surface area (Å²) >= 11 is 0. The Hall–Kier alpha value is -2.75. The zero-order valence-corrected chi connectivity index (χ0v) is 12.7. The molecule has 0 amide bonds. The third kappa shape index (κ3) is 2.22. The van der Waals surface area contributed by atoms with E-state index in [1.165, 1.54) is 0 Å². The Bertz CT molecular complexity index is 893. The van der Waals surface area contributed by atoms with Crippen LogP contribution in [-0.2, 0) is 0 Å². The van der Waals surface area contributed by atoms with Crippen molar-refractivity contribution in [2.24, 2.45) is 0 Å². The maximum absolute atomic E-state index is 12.9. The van der Waals surface area contributed by atoms with E-state index in [1.54, 1.807) is 39.3 Å². The molecule has 0 spiro atoms. The highest BCUT2D eigenvalue weighted by atomic mass is 16.5. The smallest absolute Gasteiger partial charge is 0.200 e. The fraction of sp³-hybridized carbons (Fsp3) is 0.167. The summed E-state index contributed by atoms with van der Waals surface area (Å²) in [6.07, 6.45) is 0. The number of para-hydroxylation sites is 1. The molecule has 0 saturated carbocycles.